The summed E-state index contributed by atoms with van der Waals surface area (Å²) in [7, 11) is 0. The van der Waals surface area contributed by atoms with E-state index < -0.39 is 0 Å². The summed E-state index contributed by atoms with van der Waals surface area (Å²) < 4.78 is 16.3. The van der Waals surface area contributed by atoms with E-state index in [2.05, 4.69) is 15.5 Å². The zero-order chi connectivity index (χ0) is 21.2. The van der Waals surface area contributed by atoms with Gasteiger partial charge >= 0.3 is 0 Å². The van der Waals surface area contributed by atoms with E-state index >= 15 is 0 Å². The van der Waals surface area contributed by atoms with Gasteiger partial charge in [-0.2, -0.15) is 0 Å². The maximum atomic E-state index is 11.8. The molecule has 1 amide bonds. The molecule has 0 radical (unpaired) electrons. The fraction of sp³-hybridized carbons (Fsp3) is 0.227. The second kappa shape index (κ2) is 11.0. The third-order valence-electron chi connectivity index (χ3n) is 3.97. The summed E-state index contributed by atoms with van der Waals surface area (Å²) >= 11 is 5.98. The van der Waals surface area contributed by atoms with Gasteiger partial charge in [0.2, 0.25) is 5.88 Å². The minimum atomic E-state index is -0.268. The van der Waals surface area contributed by atoms with Crippen LogP contribution in [0.15, 0.2) is 60.7 Å². The molecule has 7 nitrogen and oxygen atoms in total. The summed E-state index contributed by atoms with van der Waals surface area (Å²) in [5.41, 5.74) is 1.67. The summed E-state index contributed by atoms with van der Waals surface area (Å²) in [5, 5.41) is 11.4. The van der Waals surface area contributed by atoms with Crippen LogP contribution in [0.1, 0.15) is 6.92 Å². The van der Waals surface area contributed by atoms with E-state index in [9.17, 15) is 4.79 Å². The van der Waals surface area contributed by atoms with Crippen molar-refractivity contribution in [2.24, 2.45) is 0 Å². The number of nitrogens with one attached hydrogen (secondary N) is 1. The largest absolute Gasteiger partial charge is 0.494 e. The molecule has 0 bridgehead atoms. The van der Waals surface area contributed by atoms with Crippen LogP contribution in [-0.2, 0) is 4.79 Å². The van der Waals surface area contributed by atoms with Gasteiger partial charge in [-0.1, -0.05) is 23.7 Å². The molecule has 0 spiro atoms. The molecule has 3 rings (SSSR count). The fourth-order valence-corrected chi connectivity index (χ4v) is 2.73. The maximum absolute atomic E-state index is 11.8. The summed E-state index contributed by atoms with van der Waals surface area (Å²) in [5.74, 6) is 1.39. The van der Waals surface area contributed by atoms with Gasteiger partial charge in [-0.3, -0.25) is 4.79 Å². The molecule has 8 heteroatoms. The number of halogens is 1. The summed E-state index contributed by atoms with van der Waals surface area (Å²) in [6.07, 6.45) is 0. The van der Waals surface area contributed by atoms with Gasteiger partial charge in [-0.25, -0.2) is 0 Å². The summed E-state index contributed by atoms with van der Waals surface area (Å²) in [6, 6.07) is 18.2. The van der Waals surface area contributed by atoms with Crippen molar-refractivity contribution in [3.63, 3.8) is 0 Å². The molecule has 2 aromatic carbocycles. The van der Waals surface area contributed by atoms with Crippen LogP contribution in [0.2, 0.25) is 5.02 Å². The molecule has 1 aromatic heterocycles. The summed E-state index contributed by atoms with van der Waals surface area (Å²) in [6.45, 7) is 3.01. The predicted octanol–water partition coefficient (Wildman–Crippen LogP) is 3.77. The van der Waals surface area contributed by atoms with Gasteiger partial charge in [-0.15, -0.1) is 10.2 Å². The van der Waals surface area contributed by atoms with E-state index in [-0.39, 0.29) is 19.1 Å². The molecule has 0 unspecified atom stereocenters. The Bertz CT molecular complexity index is 949. The lowest BCUT2D eigenvalue weighted by Crippen LogP contribution is -2.32. The minimum absolute atomic E-state index is 0.125. The SMILES string of the molecule is CCOc1ccc(-c2ccc(OCCNC(=O)COc3ccccc3Cl)nn2)cc1. The Morgan fingerprint density at radius 1 is 0.967 bits per heavy atom. The number of nitrogens with zero attached hydrogens (tertiary/aromatic N) is 2. The quantitative estimate of drug-likeness (QED) is 0.496. The average molecular weight is 428 g/mol. The molecular weight excluding hydrogens is 406 g/mol. The van der Waals surface area contributed by atoms with Crippen molar-refractivity contribution in [2.45, 2.75) is 6.92 Å². The molecular formula is C22H22ClN3O4. The molecule has 0 aliphatic heterocycles. The van der Waals surface area contributed by atoms with Gasteiger partial charge in [0.05, 0.1) is 23.9 Å². The number of para-hydroxylation sites is 1. The Morgan fingerprint density at radius 3 is 2.47 bits per heavy atom. The number of hydrogen-bond acceptors (Lipinski definition) is 6. The van der Waals surface area contributed by atoms with E-state index in [1.54, 1.807) is 30.3 Å². The topological polar surface area (TPSA) is 82.6 Å². The minimum Gasteiger partial charge on any atom is -0.494 e. The first-order valence-corrected chi connectivity index (χ1v) is 9.87. The van der Waals surface area contributed by atoms with Crippen molar-refractivity contribution < 1.29 is 19.0 Å². The van der Waals surface area contributed by atoms with Crippen LogP contribution in [0, 0.1) is 0 Å². The Morgan fingerprint density at radius 2 is 1.77 bits per heavy atom. The first-order chi connectivity index (χ1) is 14.7. The van der Waals surface area contributed by atoms with Gasteiger partial charge in [0, 0.05) is 11.6 Å². The highest BCUT2D eigenvalue weighted by Crippen LogP contribution is 2.23. The second-order valence-electron chi connectivity index (χ2n) is 6.13. The lowest BCUT2D eigenvalue weighted by Gasteiger charge is -2.09. The Balaban J connectivity index is 1.39. The lowest BCUT2D eigenvalue weighted by atomic mass is 10.1. The van der Waals surface area contributed by atoms with Crippen molar-refractivity contribution in [2.75, 3.05) is 26.4 Å². The van der Waals surface area contributed by atoms with Crippen LogP contribution >= 0.6 is 11.6 Å². The normalized spacial score (nSPS) is 10.3. The molecule has 0 saturated carbocycles. The first-order valence-electron chi connectivity index (χ1n) is 9.49. The maximum Gasteiger partial charge on any atom is 0.258 e. The molecule has 0 fully saturated rings. The number of carbonyl (C=O) groups is 1. The van der Waals surface area contributed by atoms with Crippen LogP contribution in [-0.4, -0.2) is 42.5 Å². The van der Waals surface area contributed by atoms with Crippen LogP contribution in [0.25, 0.3) is 11.3 Å². The van der Waals surface area contributed by atoms with E-state index in [1.165, 1.54) is 0 Å². The number of rotatable bonds is 10. The van der Waals surface area contributed by atoms with Crippen molar-refractivity contribution in [3.05, 3.63) is 65.7 Å². The molecule has 1 heterocycles. The molecule has 1 N–H and O–H groups in total. The third kappa shape index (κ3) is 6.35. The number of ether oxygens (including phenoxy) is 3. The smallest absolute Gasteiger partial charge is 0.258 e. The van der Waals surface area contributed by atoms with Crippen LogP contribution in [0.3, 0.4) is 0 Å². The zero-order valence-electron chi connectivity index (χ0n) is 16.5. The Kier molecular flexibility index (Phi) is 7.86. The van der Waals surface area contributed by atoms with Crippen molar-refractivity contribution >= 4 is 17.5 Å². The van der Waals surface area contributed by atoms with Gasteiger partial charge in [0.15, 0.2) is 6.61 Å². The number of aromatic nitrogens is 2. The third-order valence-corrected chi connectivity index (χ3v) is 4.28. The van der Waals surface area contributed by atoms with Gasteiger partial charge in [0.1, 0.15) is 18.1 Å². The second-order valence-corrected chi connectivity index (χ2v) is 6.54. The number of hydrogen-bond donors (Lipinski definition) is 1. The number of carbonyl (C=O) groups excluding carboxylic acids is 1. The highest BCUT2D eigenvalue weighted by molar-refractivity contribution is 6.32. The highest BCUT2D eigenvalue weighted by atomic mass is 35.5. The van der Waals surface area contributed by atoms with Crippen molar-refractivity contribution in [1.82, 2.24) is 15.5 Å². The Labute approximate surface area is 179 Å². The molecule has 0 saturated heterocycles. The van der Waals surface area contributed by atoms with E-state index in [4.69, 9.17) is 25.8 Å². The van der Waals surface area contributed by atoms with E-state index in [0.717, 1.165) is 17.0 Å². The molecule has 0 aliphatic rings. The van der Waals surface area contributed by atoms with Crippen molar-refractivity contribution in [3.8, 4) is 28.6 Å². The zero-order valence-corrected chi connectivity index (χ0v) is 17.3. The first kappa shape index (κ1) is 21.4. The predicted molar refractivity (Wildman–Crippen MR) is 114 cm³/mol. The van der Waals surface area contributed by atoms with Crippen LogP contribution in [0.4, 0.5) is 0 Å². The Hall–Kier alpha value is -3.32. The van der Waals surface area contributed by atoms with Crippen LogP contribution < -0.4 is 19.5 Å². The molecule has 3 aromatic rings. The van der Waals surface area contributed by atoms with E-state index in [1.807, 2.05) is 37.3 Å². The monoisotopic (exact) mass is 427 g/mol. The number of amides is 1. The van der Waals surface area contributed by atoms with Crippen molar-refractivity contribution in [1.29, 1.82) is 0 Å². The fourth-order valence-electron chi connectivity index (χ4n) is 2.54. The highest BCUT2D eigenvalue weighted by Gasteiger charge is 2.06. The molecule has 0 aliphatic carbocycles. The van der Waals surface area contributed by atoms with Gasteiger partial charge in [0.25, 0.3) is 5.91 Å². The van der Waals surface area contributed by atoms with Crippen LogP contribution in [0.5, 0.6) is 17.4 Å². The summed E-state index contributed by atoms with van der Waals surface area (Å²) in [4.78, 5) is 11.8. The molecule has 0 atom stereocenters. The standard InChI is InChI=1S/C22H22ClN3O4/c1-2-28-17-9-7-16(8-10-17)19-11-12-22(26-25-19)29-14-13-24-21(27)15-30-20-6-4-3-5-18(20)23/h3-12H,2,13-15H2,1H3,(H,24,27). The molecule has 30 heavy (non-hydrogen) atoms. The lowest BCUT2D eigenvalue weighted by molar-refractivity contribution is -0.123. The van der Waals surface area contributed by atoms with Gasteiger partial charge in [-0.05, 0) is 49.4 Å². The van der Waals surface area contributed by atoms with E-state index in [0.29, 0.717) is 29.8 Å². The molecule has 156 valence electrons. The average Bonchev–Trinajstić information content (AvgIpc) is 2.77. The van der Waals surface area contributed by atoms with Gasteiger partial charge < -0.3 is 19.5 Å². The number of benzene rings is 2.